The predicted molar refractivity (Wildman–Crippen MR) is 78.0 cm³/mol. The topological polar surface area (TPSA) is 81.1 Å². The molecule has 1 amide bonds. The van der Waals surface area contributed by atoms with Crippen molar-refractivity contribution in [2.75, 3.05) is 17.6 Å². The maximum Gasteiger partial charge on any atom is 0.248 e. The van der Waals surface area contributed by atoms with Crippen molar-refractivity contribution < 1.29 is 4.79 Å². The number of primary amides is 1. The van der Waals surface area contributed by atoms with Crippen LogP contribution < -0.4 is 16.8 Å². The van der Waals surface area contributed by atoms with E-state index in [2.05, 4.69) is 17.4 Å². The van der Waals surface area contributed by atoms with Gasteiger partial charge in [-0.25, -0.2) is 0 Å². The lowest BCUT2D eigenvalue weighted by Gasteiger charge is -2.10. The highest BCUT2D eigenvalue weighted by Crippen LogP contribution is 2.19. The van der Waals surface area contributed by atoms with Gasteiger partial charge in [0.05, 0.1) is 11.4 Å². The summed E-state index contributed by atoms with van der Waals surface area (Å²) < 4.78 is 0. The zero-order chi connectivity index (χ0) is 13.7. The standard InChI is InChI=1S/C15H17N3O/c16-13-10-12(15(17)19)6-7-14(13)18-9-8-11-4-2-1-3-5-11/h1-7,10,18H,8-9,16H2,(H2,17,19). The molecule has 4 heteroatoms. The third-order valence-corrected chi connectivity index (χ3v) is 2.91. The number of nitrogens with two attached hydrogens (primary N) is 2. The van der Waals surface area contributed by atoms with Gasteiger partial charge in [-0.1, -0.05) is 30.3 Å². The molecule has 0 radical (unpaired) electrons. The summed E-state index contributed by atoms with van der Waals surface area (Å²) in [6.07, 6.45) is 0.915. The largest absolute Gasteiger partial charge is 0.397 e. The molecule has 2 aromatic carbocycles. The van der Waals surface area contributed by atoms with E-state index < -0.39 is 5.91 Å². The van der Waals surface area contributed by atoms with E-state index in [1.54, 1.807) is 18.2 Å². The lowest BCUT2D eigenvalue weighted by Crippen LogP contribution is -2.12. The average Bonchev–Trinajstić information content (AvgIpc) is 2.41. The van der Waals surface area contributed by atoms with E-state index in [0.29, 0.717) is 11.3 Å². The van der Waals surface area contributed by atoms with Gasteiger partial charge in [0, 0.05) is 12.1 Å². The molecule has 19 heavy (non-hydrogen) atoms. The van der Waals surface area contributed by atoms with Gasteiger partial charge in [-0.15, -0.1) is 0 Å². The number of anilines is 2. The maximum atomic E-state index is 11.0. The number of hydrogen-bond donors (Lipinski definition) is 3. The first-order valence-corrected chi connectivity index (χ1v) is 6.14. The number of amides is 1. The average molecular weight is 255 g/mol. The number of hydrogen-bond acceptors (Lipinski definition) is 3. The monoisotopic (exact) mass is 255 g/mol. The van der Waals surface area contributed by atoms with Gasteiger partial charge in [-0.3, -0.25) is 4.79 Å². The molecule has 0 saturated heterocycles. The SMILES string of the molecule is NC(=O)c1ccc(NCCc2ccccc2)c(N)c1. The Hall–Kier alpha value is -2.49. The second-order valence-corrected chi connectivity index (χ2v) is 4.33. The second-order valence-electron chi connectivity index (χ2n) is 4.33. The van der Waals surface area contributed by atoms with E-state index in [9.17, 15) is 4.79 Å². The van der Waals surface area contributed by atoms with Gasteiger partial charge in [0.15, 0.2) is 0 Å². The third kappa shape index (κ3) is 3.48. The lowest BCUT2D eigenvalue weighted by atomic mass is 10.1. The molecule has 0 fully saturated rings. The van der Waals surface area contributed by atoms with Crippen LogP contribution in [0.4, 0.5) is 11.4 Å². The first kappa shape index (κ1) is 13.0. The zero-order valence-electron chi connectivity index (χ0n) is 10.6. The third-order valence-electron chi connectivity index (χ3n) is 2.91. The molecular formula is C15H17N3O. The van der Waals surface area contributed by atoms with Gasteiger partial charge in [-0.05, 0) is 30.2 Å². The Morgan fingerprint density at radius 3 is 2.47 bits per heavy atom. The summed E-state index contributed by atoms with van der Waals surface area (Å²) in [4.78, 5) is 11.0. The van der Waals surface area contributed by atoms with Crippen LogP contribution in [0.5, 0.6) is 0 Å². The van der Waals surface area contributed by atoms with E-state index in [4.69, 9.17) is 11.5 Å². The Morgan fingerprint density at radius 1 is 1.11 bits per heavy atom. The van der Waals surface area contributed by atoms with Crippen molar-refractivity contribution in [1.29, 1.82) is 0 Å². The Labute approximate surface area is 112 Å². The molecule has 0 aromatic heterocycles. The van der Waals surface area contributed by atoms with Crippen molar-refractivity contribution in [3.05, 3.63) is 59.7 Å². The summed E-state index contributed by atoms with van der Waals surface area (Å²) in [6, 6.07) is 15.2. The van der Waals surface area contributed by atoms with Gasteiger partial charge in [0.2, 0.25) is 5.91 Å². The summed E-state index contributed by atoms with van der Waals surface area (Å²) in [5, 5.41) is 3.25. The van der Waals surface area contributed by atoms with Gasteiger partial charge in [-0.2, -0.15) is 0 Å². The highest BCUT2D eigenvalue weighted by molar-refractivity contribution is 5.94. The Kier molecular flexibility index (Phi) is 4.03. The van der Waals surface area contributed by atoms with Crippen LogP contribution in [0.15, 0.2) is 48.5 Å². The molecule has 0 atom stereocenters. The molecule has 2 aromatic rings. The van der Waals surface area contributed by atoms with Crippen LogP contribution in [0.25, 0.3) is 0 Å². The maximum absolute atomic E-state index is 11.0. The molecule has 2 rings (SSSR count). The number of nitrogen functional groups attached to an aromatic ring is 1. The smallest absolute Gasteiger partial charge is 0.248 e. The van der Waals surface area contributed by atoms with Crippen LogP contribution in [0, 0.1) is 0 Å². The Morgan fingerprint density at radius 2 is 1.84 bits per heavy atom. The minimum atomic E-state index is -0.470. The first-order chi connectivity index (χ1) is 9.16. The van der Waals surface area contributed by atoms with E-state index in [1.165, 1.54) is 5.56 Å². The highest BCUT2D eigenvalue weighted by atomic mass is 16.1. The summed E-state index contributed by atoms with van der Waals surface area (Å²) >= 11 is 0. The van der Waals surface area contributed by atoms with Crippen LogP contribution in [0.2, 0.25) is 0 Å². The molecule has 4 nitrogen and oxygen atoms in total. The quantitative estimate of drug-likeness (QED) is 0.715. The molecule has 0 heterocycles. The molecule has 0 aliphatic rings. The first-order valence-electron chi connectivity index (χ1n) is 6.14. The normalized spacial score (nSPS) is 10.1. The van der Waals surface area contributed by atoms with Crippen molar-refractivity contribution in [3.8, 4) is 0 Å². The fraction of sp³-hybridized carbons (Fsp3) is 0.133. The molecule has 98 valence electrons. The molecule has 5 N–H and O–H groups in total. The molecular weight excluding hydrogens is 238 g/mol. The van der Waals surface area contributed by atoms with Gasteiger partial charge in [0.1, 0.15) is 0 Å². The molecule has 0 unspecified atom stereocenters. The van der Waals surface area contributed by atoms with Crippen LogP contribution in [-0.2, 0) is 6.42 Å². The van der Waals surface area contributed by atoms with E-state index in [-0.39, 0.29) is 0 Å². The second kappa shape index (κ2) is 5.91. The fourth-order valence-electron chi connectivity index (χ4n) is 1.86. The Balaban J connectivity index is 1.95. The number of nitrogens with one attached hydrogen (secondary N) is 1. The zero-order valence-corrected chi connectivity index (χ0v) is 10.6. The van der Waals surface area contributed by atoms with Crippen molar-refractivity contribution in [3.63, 3.8) is 0 Å². The van der Waals surface area contributed by atoms with E-state index in [0.717, 1.165) is 18.7 Å². The molecule has 0 saturated carbocycles. The molecule has 0 aliphatic heterocycles. The van der Waals surface area contributed by atoms with Crippen LogP contribution >= 0.6 is 0 Å². The summed E-state index contributed by atoms with van der Waals surface area (Å²) in [7, 11) is 0. The molecule has 0 aliphatic carbocycles. The minimum absolute atomic E-state index is 0.422. The van der Waals surface area contributed by atoms with E-state index >= 15 is 0 Å². The van der Waals surface area contributed by atoms with Crippen LogP contribution in [-0.4, -0.2) is 12.5 Å². The van der Waals surface area contributed by atoms with Crippen molar-refractivity contribution in [1.82, 2.24) is 0 Å². The summed E-state index contributed by atoms with van der Waals surface area (Å²) in [6.45, 7) is 0.782. The number of carbonyl (C=O) groups excluding carboxylic acids is 1. The summed E-state index contributed by atoms with van der Waals surface area (Å²) in [5.41, 5.74) is 14.1. The lowest BCUT2D eigenvalue weighted by molar-refractivity contribution is 0.100. The Bertz CT molecular complexity index is 567. The fourth-order valence-corrected chi connectivity index (χ4v) is 1.86. The molecule has 0 bridgehead atoms. The highest BCUT2D eigenvalue weighted by Gasteiger charge is 2.04. The van der Waals surface area contributed by atoms with Crippen molar-refractivity contribution >= 4 is 17.3 Å². The number of rotatable bonds is 5. The van der Waals surface area contributed by atoms with Gasteiger partial charge in [0.25, 0.3) is 0 Å². The van der Waals surface area contributed by atoms with Gasteiger partial charge < -0.3 is 16.8 Å². The molecule has 0 spiro atoms. The van der Waals surface area contributed by atoms with Crippen LogP contribution in [0.1, 0.15) is 15.9 Å². The number of carbonyl (C=O) groups is 1. The summed E-state index contributed by atoms with van der Waals surface area (Å²) in [5.74, 6) is -0.470. The predicted octanol–water partition coefficient (Wildman–Crippen LogP) is 2.02. The minimum Gasteiger partial charge on any atom is -0.397 e. The van der Waals surface area contributed by atoms with Crippen LogP contribution in [0.3, 0.4) is 0 Å². The number of benzene rings is 2. The van der Waals surface area contributed by atoms with Gasteiger partial charge >= 0.3 is 0 Å². The van der Waals surface area contributed by atoms with Crippen molar-refractivity contribution in [2.45, 2.75) is 6.42 Å². The van der Waals surface area contributed by atoms with Crippen molar-refractivity contribution in [2.24, 2.45) is 5.73 Å². The van der Waals surface area contributed by atoms with E-state index in [1.807, 2.05) is 18.2 Å².